The fraction of sp³-hybridized carbons (Fsp3) is 0.929. The van der Waals surface area contributed by atoms with Gasteiger partial charge in [0.25, 0.3) is 0 Å². The predicted molar refractivity (Wildman–Crippen MR) is 83.7 cm³/mol. The summed E-state index contributed by atoms with van der Waals surface area (Å²) in [5.74, 6) is -1.55. The standard InChI is InChI=1S/C14H27F3NO4P/c1-4-7-10-20-13(14(15,16)17)18-23(19,21-11-8-5-2)22-12-9-6-3/h4-12H2,1-3H3. The van der Waals surface area contributed by atoms with E-state index in [2.05, 4.69) is 9.50 Å². The van der Waals surface area contributed by atoms with Crippen LogP contribution in [0.25, 0.3) is 0 Å². The number of nitrogens with zero attached hydrogens (tertiary/aromatic N) is 1. The molecular formula is C14H27F3NO4P. The molecule has 0 spiro atoms. The average Bonchev–Trinajstić information content (AvgIpc) is 2.46. The van der Waals surface area contributed by atoms with E-state index in [1.807, 2.05) is 20.8 Å². The van der Waals surface area contributed by atoms with E-state index in [0.29, 0.717) is 25.7 Å². The fourth-order valence-corrected chi connectivity index (χ4v) is 2.64. The maximum atomic E-state index is 13.0. The van der Waals surface area contributed by atoms with E-state index in [0.717, 1.165) is 12.8 Å². The first-order valence-corrected chi connectivity index (χ1v) is 9.48. The molecule has 23 heavy (non-hydrogen) atoms. The van der Waals surface area contributed by atoms with Crippen LogP contribution in [0.4, 0.5) is 13.2 Å². The number of halogens is 3. The van der Waals surface area contributed by atoms with Crippen molar-refractivity contribution in [3.63, 3.8) is 0 Å². The summed E-state index contributed by atoms with van der Waals surface area (Å²) in [6, 6.07) is 0. The summed E-state index contributed by atoms with van der Waals surface area (Å²) in [5.41, 5.74) is 0. The predicted octanol–water partition coefficient (Wildman–Crippen LogP) is 5.51. The Morgan fingerprint density at radius 2 is 1.35 bits per heavy atom. The monoisotopic (exact) mass is 361 g/mol. The lowest BCUT2D eigenvalue weighted by molar-refractivity contribution is -0.0783. The van der Waals surface area contributed by atoms with Crippen LogP contribution in [0.5, 0.6) is 0 Å². The molecule has 0 aromatic carbocycles. The molecule has 0 atom stereocenters. The van der Waals surface area contributed by atoms with Crippen molar-refractivity contribution in [1.82, 2.24) is 0 Å². The van der Waals surface area contributed by atoms with E-state index < -0.39 is 19.8 Å². The number of unbranched alkanes of at least 4 members (excludes halogenated alkanes) is 3. The van der Waals surface area contributed by atoms with Crippen LogP contribution in [0.2, 0.25) is 0 Å². The zero-order chi connectivity index (χ0) is 17.8. The Bertz CT molecular complexity index is 375. The Kier molecular flexibility index (Phi) is 11.6. The summed E-state index contributed by atoms with van der Waals surface area (Å²) in [4.78, 5) is 0. The highest BCUT2D eigenvalue weighted by molar-refractivity contribution is 7.52. The second kappa shape index (κ2) is 11.9. The molecule has 138 valence electrons. The SMILES string of the molecule is CCCCOC(=NP(=O)(OCCCC)OCCCC)C(F)(F)F. The molecule has 0 aromatic rings. The zero-order valence-corrected chi connectivity index (χ0v) is 14.9. The second-order valence-corrected chi connectivity index (χ2v) is 6.60. The van der Waals surface area contributed by atoms with E-state index in [-0.39, 0.29) is 19.8 Å². The highest BCUT2D eigenvalue weighted by Gasteiger charge is 2.41. The summed E-state index contributed by atoms with van der Waals surface area (Å²) in [6.07, 6.45) is -1.14. The summed E-state index contributed by atoms with van der Waals surface area (Å²) in [5, 5.41) is 0. The van der Waals surface area contributed by atoms with Crippen LogP contribution >= 0.6 is 7.75 Å². The normalized spacial score (nSPS) is 13.4. The molecule has 0 saturated carbocycles. The van der Waals surface area contributed by atoms with E-state index in [1.54, 1.807) is 0 Å². The van der Waals surface area contributed by atoms with Gasteiger partial charge in [0.2, 0.25) is 0 Å². The summed E-state index contributed by atoms with van der Waals surface area (Å²) < 4.78 is 69.2. The van der Waals surface area contributed by atoms with Crippen molar-refractivity contribution in [1.29, 1.82) is 0 Å². The van der Waals surface area contributed by atoms with Crippen molar-refractivity contribution in [2.24, 2.45) is 4.76 Å². The Labute approximate surface area is 136 Å². The fourth-order valence-electron chi connectivity index (χ4n) is 1.34. The van der Waals surface area contributed by atoms with Gasteiger partial charge in [0.15, 0.2) is 0 Å². The third-order valence-electron chi connectivity index (χ3n) is 2.70. The van der Waals surface area contributed by atoms with Gasteiger partial charge in [-0.1, -0.05) is 40.0 Å². The van der Waals surface area contributed by atoms with Crippen LogP contribution in [-0.2, 0) is 18.3 Å². The molecule has 0 radical (unpaired) electrons. The van der Waals surface area contributed by atoms with Gasteiger partial charge in [-0.25, -0.2) is 4.57 Å². The van der Waals surface area contributed by atoms with Gasteiger partial charge < -0.3 is 4.74 Å². The number of alkyl halides is 3. The van der Waals surface area contributed by atoms with Gasteiger partial charge in [-0.05, 0) is 19.3 Å². The largest absolute Gasteiger partial charge is 0.474 e. The molecule has 0 heterocycles. The lowest BCUT2D eigenvalue weighted by atomic mass is 10.4. The minimum absolute atomic E-state index is 0.0174. The van der Waals surface area contributed by atoms with E-state index in [1.165, 1.54) is 0 Å². The average molecular weight is 361 g/mol. The van der Waals surface area contributed by atoms with E-state index >= 15 is 0 Å². The Balaban J connectivity index is 5.13. The molecule has 0 saturated heterocycles. The van der Waals surface area contributed by atoms with E-state index in [4.69, 9.17) is 9.05 Å². The van der Waals surface area contributed by atoms with Gasteiger partial charge >= 0.3 is 19.8 Å². The molecule has 0 fully saturated rings. The molecule has 0 aliphatic carbocycles. The van der Waals surface area contributed by atoms with Crippen molar-refractivity contribution >= 4 is 13.6 Å². The van der Waals surface area contributed by atoms with Crippen molar-refractivity contribution in [2.75, 3.05) is 19.8 Å². The lowest BCUT2D eigenvalue weighted by Crippen LogP contribution is -2.26. The highest BCUT2D eigenvalue weighted by atomic mass is 31.2. The first-order valence-electron chi connectivity index (χ1n) is 7.98. The number of rotatable bonds is 12. The van der Waals surface area contributed by atoms with Gasteiger partial charge in [-0.3, -0.25) is 9.05 Å². The van der Waals surface area contributed by atoms with Gasteiger partial charge in [0.05, 0.1) is 19.8 Å². The van der Waals surface area contributed by atoms with Crippen LogP contribution in [0.1, 0.15) is 59.3 Å². The number of hydrogen-bond acceptors (Lipinski definition) is 4. The number of ether oxygens (including phenoxy) is 1. The highest BCUT2D eigenvalue weighted by Crippen LogP contribution is 2.51. The summed E-state index contributed by atoms with van der Waals surface area (Å²) in [7, 11) is -4.24. The molecule has 5 nitrogen and oxygen atoms in total. The Morgan fingerprint density at radius 1 is 0.913 bits per heavy atom. The Morgan fingerprint density at radius 3 is 1.74 bits per heavy atom. The van der Waals surface area contributed by atoms with Crippen molar-refractivity contribution in [2.45, 2.75) is 65.5 Å². The van der Waals surface area contributed by atoms with Gasteiger partial charge in [-0.15, -0.1) is 4.76 Å². The minimum atomic E-state index is -4.84. The molecule has 0 unspecified atom stereocenters. The third-order valence-corrected chi connectivity index (χ3v) is 4.14. The van der Waals surface area contributed by atoms with Crippen LogP contribution in [0.3, 0.4) is 0 Å². The maximum Gasteiger partial charge on any atom is 0.468 e. The number of hydrogen-bond donors (Lipinski definition) is 0. The molecule has 0 rings (SSSR count). The van der Waals surface area contributed by atoms with Crippen molar-refractivity contribution < 1.29 is 31.5 Å². The van der Waals surface area contributed by atoms with Crippen molar-refractivity contribution in [3.05, 3.63) is 0 Å². The topological polar surface area (TPSA) is 57.1 Å². The molecule has 0 aliphatic heterocycles. The molecule has 0 amide bonds. The van der Waals surface area contributed by atoms with Crippen LogP contribution in [0.15, 0.2) is 4.76 Å². The molecule has 0 bridgehead atoms. The van der Waals surface area contributed by atoms with Crippen LogP contribution in [-0.4, -0.2) is 31.9 Å². The molecule has 0 N–H and O–H groups in total. The molecular weight excluding hydrogens is 334 g/mol. The van der Waals surface area contributed by atoms with Crippen LogP contribution < -0.4 is 0 Å². The third kappa shape index (κ3) is 10.7. The van der Waals surface area contributed by atoms with Crippen molar-refractivity contribution in [3.8, 4) is 0 Å². The van der Waals surface area contributed by atoms with Gasteiger partial charge in [0, 0.05) is 0 Å². The smallest absolute Gasteiger partial charge is 0.468 e. The van der Waals surface area contributed by atoms with E-state index in [9.17, 15) is 17.7 Å². The zero-order valence-electron chi connectivity index (χ0n) is 14.0. The first-order chi connectivity index (χ1) is 10.8. The minimum Gasteiger partial charge on any atom is -0.474 e. The molecule has 0 aliphatic rings. The molecule has 9 heteroatoms. The maximum absolute atomic E-state index is 13.0. The first kappa shape index (κ1) is 22.4. The lowest BCUT2D eigenvalue weighted by Gasteiger charge is -2.17. The summed E-state index contributed by atoms with van der Waals surface area (Å²) in [6.45, 7) is 5.46. The molecule has 0 aromatic heterocycles. The van der Waals surface area contributed by atoms with Crippen LogP contribution in [0, 0.1) is 0 Å². The van der Waals surface area contributed by atoms with Gasteiger partial charge in [-0.2, -0.15) is 13.2 Å². The Hall–Kier alpha value is -0.590. The quantitative estimate of drug-likeness (QED) is 0.199. The second-order valence-electron chi connectivity index (χ2n) is 4.95. The van der Waals surface area contributed by atoms with Gasteiger partial charge in [0.1, 0.15) is 0 Å². The summed E-state index contributed by atoms with van der Waals surface area (Å²) >= 11 is 0.